The topological polar surface area (TPSA) is 102 Å². The van der Waals surface area contributed by atoms with E-state index in [0.717, 1.165) is 5.56 Å². The van der Waals surface area contributed by atoms with Crippen LogP contribution in [0.25, 0.3) is 6.08 Å². The molecule has 0 saturated carbocycles. The van der Waals surface area contributed by atoms with Crippen molar-refractivity contribution in [2.75, 3.05) is 19.5 Å². The average molecular weight is 606 g/mol. The molecule has 3 aromatic carbocycles. The van der Waals surface area contributed by atoms with Crippen molar-refractivity contribution in [1.82, 2.24) is 4.57 Å². The van der Waals surface area contributed by atoms with Gasteiger partial charge in [0.1, 0.15) is 5.75 Å². The van der Waals surface area contributed by atoms with Gasteiger partial charge >= 0.3 is 0 Å². The van der Waals surface area contributed by atoms with Crippen LogP contribution in [0.15, 0.2) is 92.3 Å². The van der Waals surface area contributed by atoms with Crippen molar-refractivity contribution in [2.24, 2.45) is 4.99 Å². The molecule has 0 fully saturated rings. The van der Waals surface area contributed by atoms with Gasteiger partial charge in [0.05, 0.1) is 36.1 Å². The number of carbonyl (C=O) groups excluding carboxylic acids is 1. The van der Waals surface area contributed by atoms with Gasteiger partial charge in [0.15, 0.2) is 16.3 Å². The zero-order valence-electron chi connectivity index (χ0n) is 21.3. The van der Waals surface area contributed by atoms with Crippen LogP contribution in [-0.2, 0) is 4.79 Å². The number of hydrogen-bond acceptors (Lipinski definition) is 7. The zero-order valence-corrected chi connectivity index (χ0v) is 23.7. The number of fused-ring (bicyclic) bond motifs is 1. The number of rotatable bonds is 6. The lowest BCUT2D eigenvalue weighted by Gasteiger charge is -2.25. The average Bonchev–Trinajstić information content (AvgIpc) is 3.24. The molecule has 1 aromatic heterocycles. The van der Waals surface area contributed by atoms with Gasteiger partial charge in [-0.1, -0.05) is 57.6 Å². The number of benzene rings is 3. The SMILES string of the molecule is COc1ccc([C@@H]2C(C(=O)Nc3ccccc3)=C(C)N=c3s/c(=C/c4cc(Br)cc(OC)c4O)c(=O)n32)cc1. The second-order valence-corrected chi connectivity index (χ2v) is 10.6. The molecule has 198 valence electrons. The Morgan fingerprint density at radius 2 is 1.82 bits per heavy atom. The van der Waals surface area contributed by atoms with E-state index in [1.807, 2.05) is 30.3 Å². The smallest absolute Gasteiger partial charge is 0.271 e. The highest BCUT2D eigenvalue weighted by Gasteiger charge is 2.32. The Kier molecular flexibility index (Phi) is 7.40. The molecule has 39 heavy (non-hydrogen) atoms. The molecule has 4 aromatic rings. The minimum atomic E-state index is -0.733. The van der Waals surface area contributed by atoms with Gasteiger partial charge in [-0.3, -0.25) is 14.2 Å². The summed E-state index contributed by atoms with van der Waals surface area (Å²) in [6.07, 6.45) is 1.60. The van der Waals surface area contributed by atoms with Gasteiger partial charge in [-0.15, -0.1) is 0 Å². The van der Waals surface area contributed by atoms with E-state index < -0.39 is 6.04 Å². The minimum Gasteiger partial charge on any atom is -0.504 e. The number of hydrogen-bond donors (Lipinski definition) is 2. The Balaban J connectivity index is 1.69. The summed E-state index contributed by atoms with van der Waals surface area (Å²) in [4.78, 5) is 32.6. The third-order valence-electron chi connectivity index (χ3n) is 6.31. The predicted molar refractivity (Wildman–Crippen MR) is 154 cm³/mol. The molecular formula is C29H24BrN3O5S. The lowest BCUT2D eigenvalue weighted by Crippen LogP contribution is -2.40. The molecule has 0 spiro atoms. The highest BCUT2D eigenvalue weighted by molar-refractivity contribution is 9.10. The number of aromatic hydroxyl groups is 1. The van der Waals surface area contributed by atoms with Crippen molar-refractivity contribution in [3.05, 3.63) is 113 Å². The number of nitrogens with one attached hydrogen (secondary N) is 1. The number of anilines is 1. The van der Waals surface area contributed by atoms with Gasteiger partial charge in [-0.05, 0) is 55.0 Å². The Morgan fingerprint density at radius 1 is 1.10 bits per heavy atom. The Labute approximate surface area is 236 Å². The van der Waals surface area contributed by atoms with Crippen molar-refractivity contribution >= 4 is 44.9 Å². The number of nitrogens with zero attached hydrogens (tertiary/aromatic N) is 2. The van der Waals surface area contributed by atoms with Crippen molar-refractivity contribution in [3.63, 3.8) is 0 Å². The quantitative estimate of drug-likeness (QED) is 0.340. The number of para-hydroxylation sites is 1. The monoisotopic (exact) mass is 605 g/mol. The summed E-state index contributed by atoms with van der Waals surface area (Å²) in [7, 11) is 3.03. The number of phenols is 1. The molecule has 0 radical (unpaired) electrons. The van der Waals surface area contributed by atoms with Gasteiger partial charge in [0.25, 0.3) is 11.5 Å². The Morgan fingerprint density at radius 3 is 2.49 bits per heavy atom. The Bertz CT molecular complexity index is 1780. The first kappa shape index (κ1) is 26.5. The molecule has 1 amide bonds. The molecule has 10 heteroatoms. The van der Waals surface area contributed by atoms with Crippen molar-refractivity contribution in [3.8, 4) is 17.2 Å². The van der Waals surface area contributed by atoms with E-state index in [1.165, 1.54) is 23.0 Å². The van der Waals surface area contributed by atoms with Crippen LogP contribution < -0.4 is 29.7 Å². The molecule has 8 nitrogen and oxygen atoms in total. The molecule has 2 heterocycles. The molecule has 0 unspecified atom stereocenters. The first-order chi connectivity index (χ1) is 18.8. The Hall–Kier alpha value is -4.15. The summed E-state index contributed by atoms with van der Waals surface area (Å²) < 4.78 is 13.1. The van der Waals surface area contributed by atoms with E-state index in [9.17, 15) is 14.7 Å². The van der Waals surface area contributed by atoms with E-state index in [0.29, 0.717) is 42.1 Å². The molecule has 1 atom stereocenters. The number of carbonyl (C=O) groups is 1. The van der Waals surface area contributed by atoms with Crippen LogP contribution in [0.2, 0.25) is 0 Å². The van der Waals surface area contributed by atoms with Gasteiger partial charge in [-0.25, -0.2) is 4.99 Å². The van der Waals surface area contributed by atoms with Crippen molar-refractivity contribution < 1.29 is 19.4 Å². The van der Waals surface area contributed by atoms with E-state index in [2.05, 4.69) is 26.2 Å². The minimum absolute atomic E-state index is 0.0858. The fraction of sp³-hybridized carbons (Fsp3) is 0.138. The molecule has 1 aliphatic rings. The van der Waals surface area contributed by atoms with E-state index in [1.54, 1.807) is 56.5 Å². The lowest BCUT2D eigenvalue weighted by atomic mass is 9.95. The second kappa shape index (κ2) is 10.9. The highest BCUT2D eigenvalue weighted by Crippen LogP contribution is 2.34. The summed E-state index contributed by atoms with van der Waals surface area (Å²) in [6.45, 7) is 1.76. The maximum Gasteiger partial charge on any atom is 0.271 e. The van der Waals surface area contributed by atoms with Crippen LogP contribution in [0, 0.1) is 0 Å². The lowest BCUT2D eigenvalue weighted by molar-refractivity contribution is -0.113. The number of phenolic OH excluding ortho intramolecular Hbond substituents is 1. The fourth-order valence-corrected chi connectivity index (χ4v) is 5.93. The number of ether oxygens (including phenoxy) is 2. The summed E-state index contributed by atoms with van der Waals surface area (Å²) in [6, 6.07) is 19.0. The predicted octanol–water partition coefficient (Wildman–Crippen LogP) is 4.36. The summed E-state index contributed by atoms with van der Waals surface area (Å²) in [5.74, 6) is 0.487. The maximum atomic E-state index is 13.9. The second-order valence-electron chi connectivity index (χ2n) is 8.72. The first-order valence-corrected chi connectivity index (χ1v) is 13.5. The van der Waals surface area contributed by atoms with Crippen LogP contribution >= 0.6 is 27.3 Å². The summed E-state index contributed by atoms with van der Waals surface area (Å²) in [5, 5.41) is 13.6. The molecule has 2 N–H and O–H groups in total. The largest absolute Gasteiger partial charge is 0.504 e. The normalized spacial score (nSPS) is 15.0. The van der Waals surface area contributed by atoms with Crippen LogP contribution in [-0.4, -0.2) is 29.8 Å². The maximum absolute atomic E-state index is 13.9. The van der Waals surface area contributed by atoms with Crippen LogP contribution in [0.1, 0.15) is 24.1 Å². The molecule has 0 saturated heterocycles. The van der Waals surface area contributed by atoms with Crippen LogP contribution in [0.4, 0.5) is 5.69 Å². The molecular weight excluding hydrogens is 582 g/mol. The number of amides is 1. The van der Waals surface area contributed by atoms with E-state index in [4.69, 9.17) is 9.47 Å². The zero-order chi connectivity index (χ0) is 27.7. The first-order valence-electron chi connectivity index (χ1n) is 11.9. The van der Waals surface area contributed by atoms with E-state index >= 15 is 0 Å². The number of thiazole rings is 1. The summed E-state index contributed by atoms with van der Waals surface area (Å²) in [5.41, 5.74) is 2.29. The summed E-state index contributed by atoms with van der Waals surface area (Å²) >= 11 is 4.60. The van der Waals surface area contributed by atoms with Gasteiger partial charge in [0.2, 0.25) is 0 Å². The standard InChI is InChI=1S/C29H24BrN3O5S/c1-16-24(27(35)32-20-7-5-4-6-8-20)25(17-9-11-21(37-2)12-10-17)33-28(36)23(39-29(33)31-16)14-18-13-19(30)15-22(38-3)26(18)34/h4-15,25,34H,1-3H3,(H,32,35)/b23-14+/t25-/m1/s1. The number of aromatic nitrogens is 1. The van der Waals surface area contributed by atoms with Crippen LogP contribution in [0.3, 0.4) is 0 Å². The number of allylic oxidation sites excluding steroid dienone is 1. The van der Waals surface area contributed by atoms with Crippen molar-refractivity contribution in [1.29, 1.82) is 0 Å². The molecule has 1 aliphatic heterocycles. The third kappa shape index (κ3) is 5.13. The van der Waals surface area contributed by atoms with Gasteiger partial charge < -0.3 is 19.9 Å². The van der Waals surface area contributed by atoms with Gasteiger partial charge in [-0.2, -0.15) is 0 Å². The van der Waals surface area contributed by atoms with E-state index in [-0.39, 0.29) is 23.0 Å². The highest BCUT2D eigenvalue weighted by atomic mass is 79.9. The van der Waals surface area contributed by atoms with Crippen LogP contribution in [0.5, 0.6) is 17.2 Å². The number of methoxy groups -OCH3 is 2. The third-order valence-corrected chi connectivity index (χ3v) is 7.75. The molecule has 5 rings (SSSR count). The molecule has 0 aliphatic carbocycles. The molecule has 0 bridgehead atoms. The van der Waals surface area contributed by atoms with Crippen molar-refractivity contribution in [2.45, 2.75) is 13.0 Å². The fourth-order valence-electron chi connectivity index (χ4n) is 4.43. The van der Waals surface area contributed by atoms with Gasteiger partial charge in [0, 0.05) is 15.7 Å². The number of halogens is 1.